The fourth-order valence-electron chi connectivity index (χ4n) is 2.31. The van der Waals surface area contributed by atoms with Crippen LogP contribution >= 0.6 is 11.6 Å². The molecule has 0 unspecified atom stereocenters. The van der Waals surface area contributed by atoms with Crippen LogP contribution in [0.4, 0.5) is 13.2 Å². The number of amides is 1. The molecule has 7 heteroatoms. The molecule has 0 spiro atoms. The Morgan fingerprint density at radius 2 is 1.73 bits per heavy atom. The number of benzene rings is 1. The maximum Gasteiger partial charge on any atom is 0.416 e. The summed E-state index contributed by atoms with van der Waals surface area (Å²) in [6.07, 6.45) is -2.56. The van der Waals surface area contributed by atoms with E-state index in [0.29, 0.717) is 26.2 Å². The normalized spacial score (nSPS) is 17.2. The molecule has 22 heavy (non-hydrogen) atoms. The lowest BCUT2D eigenvalue weighted by atomic mass is 10.1. The molecular weight excluding hydrogens is 317 g/mol. The zero-order chi connectivity index (χ0) is 16.2. The van der Waals surface area contributed by atoms with Crippen molar-refractivity contribution in [1.29, 1.82) is 0 Å². The molecule has 0 saturated carbocycles. The van der Waals surface area contributed by atoms with Gasteiger partial charge in [-0.25, -0.2) is 0 Å². The Balaban J connectivity index is 1.95. The van der Waals surface area contributed by atoms with Crippen LogP contribution in [-0.4, -0.2) is 48.4 Å². The van der Waals surface area contributed by atoms with Gasteiger partial charge in [0.1, 0.15) is 0 Å². The minimum atomic E-state index is -4.39. The predicted octanol–water partition coefficient (Wildman–Crippen LogP) is 3.22. The van der Waals surface area contributed by atoms with Gasteiger partial charge in [0.05, 0.1) is 5.56 Å². The molecule has 0 aromatic heterocycles. The van der Waals surface area contributed by atoms with Gasteiger partial charge in [-0.05, 0) is 24.3 Å². The van der Waals surface area contributed by atoms with E-state index in [2.05, 4.69) is 4.90 Å². The molecule has 0 bridgehead atoms. The zero-order valence-corrected chi connectivity index (χ0v) is 12.6. The second-order valence-electron chi connectivity index (χ2n) is 5.03. The fraction of sp³-hybridized carbons (Fsp3) is 0.400. The van der Waals surface area contributed by atoms with Gasteiger partial charge in [-0.15, -0.1) is 0 Å². The van der Waals surface area contributed by atoms with E-state index < -0.39 is 11.7 Å². The summed E-state index contributed by atoms with van der Waals surface area (Å²) >= 11 is 5.47. The topological polar surface area (TPSA) is 23.6 Å². The van der Waals surface area contributed by atoms with Crippen molar-refractivity contribution in [1.82, 2.24) is 9.80 Å². The molecule has 3 nitrogen and oxygen atoms in total. The smallest absolute Gasteiger partial charge is 0.336 e. The van der Waals surface area contributed by atoms with Crippen LogP contribution < -0.4 is 0 Å². The van der Waals surface area contributed by atoms with Crippen LogP contribution in [0.3, 0.4) is 0 Å². The molecule has 0 aliphatic carbocycles. The first-order chi connectivity index (χ1) is 10.4. The van der Waals surface area contributed by atoms with Crippen LogP contribution in [-0.2, 0) is 6.18 Å². The molecular formula is C15H16ClF3N2O. The minimum Gasteiger partial charge on any atom is -0.336 e. The van der Waals surface area contributed by atoms with E-state index in [1.54, 1.807) is 4.90 Å². The van der Waals surface area contributed by atoms with Gasteiger partial charge in [0.25, 0.3) is 5.91 Å². The molecule has 1 amide bonds. The summed E-state index contributed by atoms with van der Waals surface area (Å²) in [5.74, 6) is -0.235. The molecule has 0 radical (unpaired) electrons. The second kappa shape index (κ2) is 7.15. The van der Waals surface area contributed by atoms with E-state index >= 15 is 0 Å². The maximum atomic E-state index is 12.5. The highest BCUT2D eigenvalue weighted by Crippen LogP contribution is 2.29. The summed E-state index contributed by atoms with van der Waals surface area (Å²) in [5.41, 5.74) is 0.989. The van der Waals surface area contributed by atoms with Crippen molar-refractivity contribution < 1.29 is 18.0 Å². The van der Waals surface area contributed by atoms with Gasteiger partial charge < -0.3 is 4.90 Å². The highest BCUT2D eigenvalue weighted by atomic mass is 35.5. The number of nitrogens with zero attached hydrogens (tertiary/aromatic N) is 2. The second-order valence-corrected chi connectivity index (χ2v) is 5.28. The summed E-state index contributed by atoms with van der Waals surface area (Å²) in [4.78, 5) is 16.1. The van der Waals surface area contributed by atoms with E-state index in [4.69, 9.17) is 11.6 Å². The number of hydrogen-bond donors (Lipinski definition) is 0. The third kappa shape index (κ3) is 4.24. The van der Waals surface area contributed by atoms with Crippen molar-refractivity contribution in [3.05, 3.63) is 47.0 Å². The van der Waals surface area contributed by atoms with E-state index in [1.165, 1.54) is 17.7 Å². The standard InChI is InChI=1S/C15H16ClF3N2O/c16-6-1-7-20-8-10-21(11-9-20)14(22)12-2-4-13(5-3-12)15(17,18)19/h1-6H,7-11H2/b6-1+. The van der Waals surface area contributed by atoms with Gasteiger partial charge in [0.15, 0.2) is 0 Å². The number of alkyl halides is 3. The van der Waals surface area contributed by atoms with Crippen molar-refractivity contribution in [3.8, 4) is 0 Å². The molecule has 1 aliphatic rings. The highest BCUT2D eigenvalue weighted by Gasteiger charge is 2.30. The van der Waals surface area contributed by atoms with E-state index in [-0.39, 0.29) is 11.5 Å². The lowest BCUT2D eigenvalue weighted by molar-refractivity contribution is -0.137. The number of piperazine rings is 1. The molecule has 0 N–H and O–H groups in total. The van der Waals surface area contributed by atoms with Gasteiger partial charge in [0, 0.05) is 43.8 Å². The Kier molecular flexibility index (Phi) is 5.47. The van der Waals surface area contributed by atoms with Gasteiger partial charge >= 0.3 is 6.18 Å². The van der Waals surface area contributed by atoms with Crippen molar-refractivity contribution in [3.63, 3.8) is 0 Å². The Bertz CT molecular complexity index is 535. The van der Waals surface area contributed by atoms with Crippen LogP contribution in [0.15, 0.2) is 35.9 Å². The van der Waals surface area contributed by atoms with E-state index in [1.807, 2.05) is 6.08 Å². The third-order valence-corrected chi connectivity index (χ3v) is 3.75. The Morgan fingerprint density at radius 3 is 2.23 bits per heavy atom. The monoisotopic (exact) mass is 332 g/mol. The molecule has 1 saturated heterocycles. The Hall–Kier alpha value is -1.53. The molecule has 1 aromatic carbocycles. The van der Waals surface area contributed by atoms with Crippen LogP contribution in [0.5, 0.6) is 0 Å². The number of rotatable bonds is 3. The van der Waals surface area contributed by atoms with Crippen LogP contribution in [0, 0.1) is 0 Å². The summed E-state index contributed by atoms with van der Waals surface area (Å²) in [7, 11) is 0. The first-order valence-electron chi connectivity index (χ1n) is 6.86. The Morgan fingerprint density at radius 1 is 1.14 bits per heavy atom. The molecule has 1 fully saturated rings. The number of carbonyl (C=O) groups is 1. The first-order valence-corrected chi connectivity index (χ1v) is 7.29. The SMILES string of the molecule is O=C(c1ccc(C(F)(F)F)cc1)N1CCN(C/C=C/Cl)CC1. The van der Waals surface area contributed by atoms with Gasteiger partial charge in [-0.1, -0.05) is 17.7 Å². The predicted molar refractivity (Wildman–Crippen MR) is 78.8 cm³/mol. The van der Waals surface area contributed by atoms with E-state index in [9.17, 15) is 18.0 Å². The first kappa shape index (κ1) is 16.8. The highest BCUT2D eigenvalue weighted by molar-refractivity contribution is 6.25. The largest absolute Gasteiger partial charge is 0.416 e. The van der Waals surface area contributed by atoms with Gasteiger partial charge in [-0.3, -0.25) is 9.69 Å². The molecule has 1 aromatic rings. The quantitative estimate of drug-likeness (QED) is 0.848. The molecule has 1 aliphatic heterocycles. The van der Waals surface area contributed by atoms with Gasteiger partial charge in [-0.2, -0.15) is 13.2 Å². The molecule has 120 valence electrons. The number of carbonyl (C=O) groups excluding carboxylic acids is 1. The third-order valence-electron chi connectivity index (χ3n) is 3.57. The Labute approximate surface area is 132 Å². The molecule has 0 atom stereocenters. The van der Waals surface area contributed by atoms with Crippen LogP contribution in [0.25, 0.3) is 0 Å². The van der Waals surface area contributed by atoms with Crippen molar-refractivity contribution >= 4 is 17.5 Å². The number of halogens is 4. The van der Waals surface area contributed by atoms with Crippen molar-refractivity contribution in [2.24, 2.45) is 0 Å². The fourth-order valence-corrected chi connectivity index (χ4v) is 2.39. The molecule has 2 rings (SSSR count). The maximum absolute atomic E-state index is 12.5. The van der Waals surface area contributed by atoms with Crippen LogP contribution in [0.2, 0.25) is 0 Å². The van der Waals surface area contributed by atoms with Crippen molar-refractivity contribution in [2.75, 3.05) is 32.7 Å². The lowest BCUT2D eigenvalue weighted by Gasteiger charge is -2.34. The average Bonchev–Trinajstić information content (AvgIpc) is 2.52. The van der Waals surface area contributed by atoms with Crippen molar-refractivity contribution in [2.45, 2.75) is 6.18 Å². The summed E-state index contributed by atoms with van der Waals surface area (Å²) < 4.78 is 37.5. The lowest BCUT2D eigenvalue weighted by Crippen LogP contribution is -2.48. The average molecular weight is 333 g/mol. The molecule has 1 heterocycles. The van der Waals surface area contributed by atoms with Gasteiger partial charge in [0.2, 0.25) is 0 Å². The number of hydrogen-bond acceptors (Lipinski definition) is 2. The zero-order valence-electron chi connectivity index (χ0n) is 11.8. The van der Waals surface area contributed by atoms with E-state index in [0.717, 1.165) is 18.7 Å². The van der Waals surface area contributed by atoms with Crippen LogP contribution in [0.1, 0.15) is 15.9 Å². The summed E-state index contributed by atoms with van der Waals surface area (Å²) in [6.45, 7) is 3.26. The summed E-state index contributed by atoms with van der Waals surface area (Å²) in [5, 5.41) is 0. The minimum absolute atomic E-state index is 0.235. The summed E-state index contributed by atoms with van der Waals surface area (Å²) in [6, 6.07) is 4.34.